The first-order valence-electron chi connectivity index (χ1n) is 16.1. The molecule has 2 aromatic rings. The number of benzene rings is 2. The number of aliphatic hydroxyl groups excluding tert-OH is 1. The Kier molecular flexibility index (Phi) is 6.46. The summed E-state index contributed by atoms with van der Waals surface area (Å²) in [5.41, 5.74) is 2.08. The van der Waals surface area contributed by atoms with Gasteiger partial charge in [-0.15, -0.1) is 0 Å². The number of carbonyl (C=O) groups excluding carboxylic acids is 2. The highest BCUT2D eigenvalue weighted by Crippen LogP contribution is 2.89. The Morgan fingerprint density at radius 3 is 2.48 bits per heavy atom. The van der Waals surface area contributed by atoms with Gasteiger partial charge in [-0.25, -0.2) is 4.79 Å². The molecule has 4 fully saturated rings. The van der Waals surface area contributed by atoms with Crippen LogP contribution in [0.5, 0.6) is 0 Å². The van der Waals surface area contributed by atoms with Crippen LogP contribution in [-0.2, 0) is 24.7 Å². The number of nitrogens with one attached hydrogen (secondary N) is 1. The van der Waals surface area contributed by atoms with Crippen LogP contribution in [0, 0.1) is 22.7 Å². The summed E-state index contributed by atoms with van der Waals surface area (Å²) in [7, 11) is 0. The van der Waals surface area contributed by atoms with Gasteiger partial charge < -0.3 is 19.9 Å². The lowest BCUT2D eigenvalue weighted by molar-refractivity contribution is -0.173. The Morgan fingerprint density at radius 2 is 1.74 bits per heavy atom. The lowest BCUT2D eigenvalue weighted by Gasteiger charge is -2.46. The van der Waals surface area contributed by atoms with Crippen LogP contribution >= 0.6 is 0 Å². The molecule has 224 valence electrons. The molecule has 2 bridgehead atoms. The molecule has 8 atom stereocenters. The highest BCUT2D eigenvalue weighted by atomic mass is 16.6. The predicted molar refractivity (Wildman–Crippen MR) is 159 cm³/mol. The van der Waals surface area contributed by atoms with Gasteiger partial charge in [0.25, 0.3) is 0 Å². The predicted octanol–water partition coefficient (Wildman–Crippen LogP) is 6.32. The summed E-state index contributed by atoms with van der Waals surface area (Å²) in [5, 5.41) is 14.4. The number of amides is 1. The van der Waals surface area contributed by atoms with Crippen LogP contribution in [0.25, 0.3) is 0 Å². The smallest absolute Gasteiger partial charge is 0.337 e. The van der Waals surface area contributed by atoms with Crippen molar-refractivity contribution < 1.29 is 24.2 Å². The van der Waals surface area contributed by atoms with E-state index >= 15 is 0 Å². The van der Waals surface area contributed by atoms with Crippen LogP contribution in [-0.4, -0.2) is 34.8 Å². The van der Waals surface area contributed by atoms with Crippen molar-refractivity contribution >= 4 is 11.9 Å². The van der Waals surface area contributed by atoms with Gasteiger partial charge in [0.2, 0.25) is 5.91 Å². The van der Waals surface area contributed by atoms with E-state index < -0.39 is 29.1 Å². The number of hydrogen-bond acceptors (Lipinski definition) is 5. The molecular formula is C36H45NO5. The molecule has 1 saturated heterocycles. The molecule has 0 spiro atoms. The SMILES string of the molecule is C[C@H]1C[C@@]23O[C@]2(c2ccccc21)C1CC(OC(=O)[C@H](O)[C@@H](NC(=O)CCC2CCCC2)c2ccccc2)C3(C)C1(C)C. The minimum atomic E-state index is -1.51. The van der Waals surface area contributed by atoms with Gasteiger partial charge in [0.1, 0.15) is 17.3 Å². The Labute approximate surface area is 249 Å². The number of rotatable bonds is 8. The molecule has 1 aliphatic heterocycles. The summed E-state index contributed by atoms with van der Waals surface area (Å²) in [6, 6.07) is 17.1. The summed E-state index contributed by atoms with van der Waals surface area (Å²) in [6.45, 7) is 9.12. The molecule has 1 amide bonds. The fourth-order valence-corrected chi connectivity index (χ4v) is 10.1. The van der Waals surface area contributed by atoms with Crippen molar-refractivity contribution in [3.05, 3.63) is 71.3 Å². The van der Waals surface area contributed by atoms with E-state index in [1.807, 2.05) is 30.3 Å². The first kappa shape index (κ1) is 28.1. The lowest BCUT2D eigenvalue weighted by Crippen LogP contribution is -2.53. The Hall–Kier alpha value is -2.70. The third kappa shape index (κ3) is 3.63. The molecule has 6 heteroatoms. The van der Waals surface area contributed by atoms with Crippen molar-refractivity contribution in [3.63, 3.8) is 0 Å². The molecule has 3 saturated carbocycles. The molecule has 2 aromatic carbocycles. The molecule has 0 aromatic heterocycles. The van der Waals surface area contributed by atoms with E-state index in [4.69, 9.17) is 9.47 Å². The van der Waals surface area contributed by atoms with Crippen molar-refractivity contribution in [2.75, 3.05) is 0 Å². The largest absolute Gasteiger partial charge is 0.460 e. The number of esters is 1. The van der Waals surface area contributed by atoms with E-state index in [9.17, 15) is 14.7 Å². The topological polar surface area (TPSA) is 88.2 Å². The van der Waals surface area contributed by atoms with Crippen molar-refractivity contribution in [3.8, 4) is 0 Å². The second-order valence-electron chi connectivity index (χ2n) is 14.6. The van der Waals surface area contributed by atoms with Crippen LogP contribution < -0.4 is 5.32 Å². The van der Waals surface area contributed by atoms with Crippen molar-refractivity contribution in [1.82, 2.24) is 5.32 Å². The summed E-state index contributed by atoms with van der Waals surface area (Å²) < 4.78 is 13.2. The van der Waals surface area contributed by atoms with E-state index in [2.05, 4.69) is 57.3 Å². The van der Waals surface area contributed by atoms with Gasteiger partial charge in [0.15, 0.2) is 6.10 Å². The zero-order valence-corrected chi connectivity index (χ0v) is 25.4. The van der Waals surface area contributed by atoms with Crippen molar-refractivity contribution in [1.29, 1.82) is 0 Å². The van der Waals surface area contributed by atoms with Crippen molar-refractivity contribution in [2.24, 2.45) is 22.7 Å². The van der Waals surface area contributed by atoms with E-state index in [1.165, 1.54) is 36.8 Å². The third-order valence-electron chi connectivity index (χ3n) is 12.6. The number of fused-ring (bicyclic) bond motifs is 3. The Bertz CT molecular complexity index is 1380. The summed E-state index contributed by atoms with van der Waals surface area (Å²) in [6.07, 6.45) is 5.75. The number of carbonyl (C=O) groups is 2. The fraction of sp³-hybridized carbons (Fsp3) is 0.611. The van der Waals surface area contributed by atoms with Crippen LogP contribution in [0.15, 0.2) is 54.6 Å². The summed E-state index contributed by atoms with van der Waals surface area (Å²) in [5.74, 6) is 0.307. The van der Waals surface area contributed by atoms with Crippen LogP contribution in [0.1, 0.15) is 108 Å². The second kappa shape index (κ2) is 9.65. The van der Waals surface area contributed by atoms with Gasteiger partial charge in [0, 0.05) is 17.8 Å². The number of epoxide rings is 1. The van der Waals surface area contributed by atoms with Gasteiger partial charge in [0.05, 0.1) is 6.04 Å². The Morgan fingerprint density at radius 1 is 1.05 bits per heavy atom. The molecule has 5 aliphatic rings. The third-order valence-corrected chi connectivity index (χ3v) is 12.6. The van der Waals surface area contributed by atoms with E-state index in [-0.39, 0.29) is 28.9 Å². The zero-order valence-electron chi connectivity index (χ0n) is 25.4. The monoisotopic (exact) mass is 571 g/mol. The highest BCUT2D eigenvalue weighted by molar-refractivity contribution is 5.80. The second-order valence-corrected chi connectivity index (χ2v) is 14.6. The van der Waals surface area contributed by atoms with E-state index in [0.717, 1.165) is 12.8 Å². The molecule has 0 radical (unpaired) electrons. The molecule has 3 unspecified atom stereocenters. The molecule has 1 heterocycles. The van der Waals surface area contributed by atoms with Crippen LogP contribution in [0.4, 0.5) is 0 Å². The van der Waals surface area contributed by atoms with Gasteiger partial charge in [-0.05, 0) is 53.2 Å². The maximum atomic E-state index is 13.8. The van der Waals surface area contributed by atoms with E-state index in [1.54, 1.807) is 0 Å². The zero-order chi connectivity index (χ0) is 29.5. The first-order chi connectivity index (χ1) is 20.1. The average molecular weight is 572 g/mol. The Balaban J connectivity index is 1.12. The highest BCUT2D eigenvalue weighted by Gasteiger charge is 2.95. The minimum Gasteiger partial charge on any atom is -0.460 e. The summed E-state index contributed by atoms with van der Waals surface area (Å²) >= 11 is 0. The van der Waals surface area contributed by atoms with Crippen molar-refractivity contribution in [2.45, 2.75) is 114 Å². The molecule has 4 aliphatic carbocycles. The van der Waals surface area contributed by atoms with Gasteiger partial charge in [-0.1, -0.05) is 108 Å². The quantitative estimate of drug-likeness (QED) is 0.286. The lowest BCUT2D eigenvalue weighted by atomic mass is 9.58. The van der Waals surface area contributed by atoms with Gasteiger partial charge in [-0.2, -0.15) is 0 Å². The van der Waals surface area contributed by atoms with E-state index in [0.29, 0.717) is 30.2 Å². The molecule has 7 rings (SSSR count). The standard InChI is InChI=1S/C36H45NO5/c1-22-21-35-34(4)28(20-27(33(34,2)3)36(35,42-35)26-17-11-10-16-25(22)26)41-32(40)31(39)30(24-14-6-5-7-15-24)37-29(38)19-18-23-12-8-9-13-23/h5-7,10-11,14-17,22-23,27-28,30-31,39H,8-9,12-13,18-21H2,1-4H3,(H,37,38)/t22-,27?,28?,30-,31+,34?,35-,36+/m0/s1. The number of hydrogen-bond donors (Lipinski definition) is 2. The molecule has 2 N–H and O–H groups in total. The molecule has 42 heavy (non-hydrogen) atoms. The molecular weight excluding hydrogens is 526 g/mol. The number of ether oxygens (including phenoxy) is 2. The maximum absolute atomic E-state index is 13.8. The summed E-state index contributed by atoms with van der Waals surface area (Å²) in [4.78, 5) is 26.8. The van der Waals surface area contributed by atoms with Gasteiger partial charge >= 0.3 is 5.97 Å². The van der Waals surface area contributed by atoms with Crippen LogP contribution in [0.2, 0.25) is 0 Å². The normalized spacial score (nSPS) is 36.8. The molecule has 6 nitrogen and oxygen atoms in total. The average Bonchev–Trinajstić information content (AvgIpc) is 3.26. The fourth-order valence-electron chi connectivity index (χ4n) is 10.1. The minimum absolute atomic E-state index is 0.133. The van der Waals surface area contributed by atoms with Crippen LogP contribution in [0.3, 0.4) is 0 Å². The maximum Gasteiger partial charge on any atom is 0.337 e. The first-order valence-corrected chi connectivity index (χ1v) is 16.1. The van der Waals surface area contributed by atoms with Gasteiger partial charge in [-0.3, -0.25) is 4.79 Å². The number of aliphatic hydroxyl groups is 1.